The number of aryl methyl sites for hydroxylation is 1. The van der Waals surface area contributed by atoms with E-state index in [9.17, 15) is 8.42 Å². The number of nitrogens with zero attached hydrogens (tertiary/aromatic N) is 3. The lowest BCUT2D eigenvalue weighted by molar-refractivity contribution is 0.420. The molecule has 5 nitrogen and oxygen atoms in total. The third-order valence-electron chi connectivity index (χ3n) is 2.92. The van der Waals surface area contributed by atoms with Gasteiger partial charge in [0, 0.05) is 25.5 Å². The molecular formula is C13H16BrN3O2S. The number of rotatable bonds is 6. The van der Waals surface area contributed by atoms with Gasteiger partial charge >= 0.3 is 0 Å². The highest BCUT2D eigenvalue weighted by Gasteiger charge is 2.26. The molecule has 0 spiro atoms. The predicted molar refractivity (Wildman–Crippen MR) is 81.0 cm³/mol. The van der Waals surface area contributed by atoms with Crippen molar-refractivity contribution < 1.29 is 8.42 Å². The van der Waals surface area contributed by atoms with E-state index in [4.69, 9.17) is 0 Å². The van der Waals surface area contributed by atoms with Gasteiger partial charge in [-0.2, -0.15) is 9.40 Å². The first-order chi connectivity index (χ1) is 9.55. The highest BCUT2D eigenvalue weighted by atomic mass is 79.9. The summed E-state index contributed by atoms with van der Waals surface area (Å²) < 4.78 is 28.1. The van der Waals surface area contributed by atoms with E-state index in [0.29, 0.717) is 18.4 Å². The van der Waals surface area contributed by atoms with Crippen molar-refractivity contribution >= 4 is 26.0 Å². The second kappa shape index (κ2) is 6.51. The molecule has 0 radical (unpaired) electrons. The number of aromatic nitrogens is 2. The van der Waals surface area contributed by atoms with Gasteiger partial charge in [0.25, 0.3) is 10.0 Å². The molecule has 20 heavy (non-hydrogen) atoms. The molecule has 0 bridgehead atoms. The minimum absolute atomic E-state index is 0.203. The van der Waals surface area contributed by atoms with Crippen LogP contribution in [0.2, 0.25) is 0 Å². The Kier molecular flexibility index (Phi) is 4.95. The largest absolute Gasteiger partial charge is 0.260 e. The Bertz CT molecular complexity index is 655. The van der Waals surface area contributed by atoms with E-state index >= 15 is 0 Å². The average Bonchev–Trinajstić information content (AvgIpc) is 2.86. The van der Waals surface area contributed by atoms with Gasteiger partial charge in [-0.25, -0.2) is 8.42 Å². The van der Waals surface area contributed by atoms with Crippen LogP contribution in [-0.2, 0) is 23.6 Å². The first kappa shape index (κ1) is 15.2. The molecule has 0 fully saturated rings. The molecule has 1 heterocycles. The summed E-state index contributed by atoms with van der Waals surface area (Å²) in [4.78, 5) is 0. The van der Waals surface area contributed by atoms with Crippen LogP contribution in [0.3, 0.4) is 0 Å². The normalized spacial score (nSPS) is 11.9. The first-order valence-electron chi connectivity index (χ1n) is 6.14. The van der Waals surface area contributed by atoms with Gasteiger partial charge in [-0.05, 0) is 11.6 Å². The van der Waals surface area contributed by atoms with Crippen molar-refractivity contribution in [2.45, 2.75) is 11.6 Å². The summed E-state index contributed by atoms with van der Waals surface area (Å²) in [5, 5.41) is 4.71. The van der Waals surface area contributed by atoms with E-state index in [0.717, 1.165) is 5.56 Å². The molecule has 0 saturated heterocycles. The predicted octanol–water partition coefficient (Wildman–Crippen LogP) is 2.01. The summed E-state index contributed by atoms with van der Waals surface area (Å²) in [6.07, 6.45) is 1.49. The maximum atomic E-state index is 12.7. The Hall–Kier alpha value is -1.18. The van der Waals surface area contributed by atoms with Gasteiger partial charge in [0.2, 0.25) is 0 Å². The summed E-state index contributed by atoms with van der Waals surface area (Å²) in [5.41, 5.74) is 0.958. The van der Waals surface area contributed by atoms with Crippen molar-refractivity contribution in [2.75, 3.05) is 11.9 Å². The fourth-order valence-corrected chi connectivity index (χ4v) is 4.10. The Balaban J connectivity index is 2.31. The van der Waals surface area contributed by atoms with Crippen LogP contribution in [0.25, 0.3) is 0 Å². The minimum atomic E-state index is -3.54. The molecule has 0 aliphatic rings. The Morgan fingerprint density at radius 2 is 1.95 bits per heavy atom. The van der Waals surface area contributed by atoms with Gasteiger partial charge in [-0.3, -0.25) is 4.68 Å². The number of benzene rings is 1. The van der Waals surface area contributed by atoms with Gasteiger partial charge in [0.05, 0.1) is 6.20 Å². The number of sulfonamides is 1. The Labute approximate surface area is 127 Å². The zero-order valence-electron chi connectivity index (χ0n) is 11.1. The fraction of sp³-hybridized carbons (Fsp3) is 0.308. The lowest BCUT2D eigenvalue weighted by Crippen LogP contribution is -2.33. The molecule has 0 N–H and O–H groups in total. The smallest absolute Gasteiger partial charge is 0.256 e. The summed E-state index contributed by atoms with van der Waals surface area (Å²) in [7, 11) is -1.92. The van der Waals surface area contributed by atoms with E-state index < -0.39 is 10.0 Å². The van der Waals surface area contributed by atoms with E-state index in [-0.39, 0.29) is 5.03 Å². The van der Waals surface area contributed by atoms with Crippen LogP contribution < -0.4 is 0 Å². The number of halogens is 1. The Morgan fingerprint density at radius 1 is 1.25 bits per heavy atom. The van der Waals surface area contributed by atoms with Crippen molar-refractivity contribution in [3.8, 4) is 0 Å². The summed E-state index contributed by atoms with van der Waals surface area (Å²) in [6, 6.07) is 11.1. The third-order valence-corrected chi connectivity index (χ3v) is 5.19. The highest BCUT2D eigenvalue weighted by molar-refractivity contribution is 9.09. The zero-order chi connectivity index (χ0) is 14.6. The highest BCUT2D eigenvalue weighted by Crippen LogP contribution is 2.17. The van der Waals surface area contributed by atoms with Crippen LogP contribution in [0.4, 0.5) is 0 Å². The molecule has 0 saturated carbocycles. The van der Waals surface area contributed by atoms with E-state index in [1.165, 1.54) is 21.3 Å². The molecule has 108 valence electrons. The van der Waals surface area contributed by atoms with Crippen LogP contribution in [0.5, 0.6) is 0 Å². The van der Waals surface area contributed by atoms with Crippen molar-refractivity contribution in [2.24, 2.45) is 7.05 Å². The van der Waals surface area contributed by atoms with Crippen LogP contribution in [0.15, 0.2) is 47.6 Å². The topological polar surface area (TPSA) is 55.2 Å². The van der Waals surface area contributed by atoms with Gasteiger partial charge < -0.3 is 0 Å². The molecule has 0 aliphatic heterocycles. The molecule has 2 rings (SSSR count). The minimum Gasteiger partial charge on any atom is -0.256 e. The molecule has 0 aliphatic carbocycles. The molecule has 0 atom stereocenters. The van der Waals surface area contributed by atoms with Gasteiger partial charge in [-0.1, -0.05) is 46.3 Å². The summed E-state index contributed by atoms with van der Waals surface area (Å²) in [6.45, 7) is 0.752. The quantitative estimate of drug-likeness (QED) is 0.743. The summed E-state index contributed by atoms with van der Waals surface area (Å²) in [5.74, 6) is 0. The van der Waals surface area contributed by atoms with Crippen LogP contribution in [0, 0.1) is 0 Å². The molecule has 2 aromatic rings. The van der Waals surface area contributed by atoms with Crippen LogP contribution in [0.1, 0.15) is 5.56 Å². The number of alkyl halides is 1. The number of hydrogen-bond donors (Lipinski definition) is 0. The number of hydrogen-bond acceptors (Lipinski definition) is 3. The van der Waals surface area contributed by atoms with Gasteiger partial charge in [0.15, 0.2) is 5.03 Å². The zero-order valence-corrected chi connectivity index (χ0v) is 13.5. The fourth-order valence-electron chi connectivity index (χ4n) is 1.91. The third kappa shape index (κ3) is 3.28. The average molecular weight is 358 g/mol. The van der Waals surface area contributed by atoms with E-state index in [2.05, 4.69) is 21.0 Å². The standard InChI is InChI=1S/C13H16BrN3O2S/c1-16-13(7-9-15-16)20(18,19)17(10-8-14)11-12-5-3-2-4-6-12/h2-7,9H,8,10-11H2,1H3. The molecule has 0 amide bonds. The van der Waals surface area contributed by atoms with Gasteiger partial charge in [-0.15, -0.1) is 0 Å². The van der Waals surface area contributed by atoms with Crippen molar-refractivity contribution in [3.05, 3.63) is 48.2 Å². The van der Waals surface area contributed by atoms with Crippen LogP contribution >= 0.6 is 15.9 Å². The first-order valence-corrected chi connectivity index (χ1v) is 8.70. The monoisotopic (exact) mass is 357 g/mol. The molecule has 1 aromatic carbocycles. The van der Waals surface area contributed by atoms with E-state index in [1.54, 1.807) is 7.05 Å². The second-order valence-electron chi connectivity index (χ2n) is 4.31. The maximum Gasteiger partial charge on any atom is 0.260 e. The molecule has 1 aromatic heterocycles. The van der Waals surface area contributed by atoms with Crippen molar-refractivity contribution in [1.29, 1.82) is 0 Å². The Morgan fingerprint density at radius 3 is 2.50 bits per heavy atom. The van der Waals surface area contributed by atoms with E-state index in [1.807, 2.05) is 30.3 Å². The molecule has 0 unspecified atom stereocenters. The van der Waals surface area contributed by atoms with Gasteiger partial charge in [0.1, 0.15) is 0 Å². The lowest BCUT2D eigenvalue weighted by atomic mass is 10.2. The second-order valence-corrected chi connectivity index (χ2v) is 6.98. The SMILES string of the molecule is Cn1nccc1S(=O)(=O)N(CCBr)Cc1ccccc1. The van der Waals surface area contributed by atoms with Crippen molar-refractivity contribution in [1.82, 2.24) is 14.1 Å². The molecular weight excluding hydrogens is 342 g/mol. The summed E-state index contributed by atoms with van der Waals surface area (Å²) >= 11 is 3.31. The van der Waals surface area contributed by atoms with Crippen molar-refractivity contribution in [3.63, 3.8) is 0 Å². The lowest BCUT2D eigenvalue weighted by Gasteiger charge is -2.21. The molecule has 7 heteroatoms. The van der Waals surface area contributed by atoms with Crippen LogP contribution in [-0.4, -0.2) is 34.4 Å². The maximum absolute atomic E-state index is 12.7.